The number of benzene rings is 3. The van der Waals surface area contributed by atoms with Crippen LogP contribution in [0.4, 0.5) is 0 Å². The third kappa shape index (κ3) is 3.49. The van der Waals surface area contributed by atoms with E-state index in [2.05, 4.69) is 5.32 Å². The highest BCUT2D eigenvalue weighted by Gasteiger charge is 2.31. The molecule has 0 saturated heterocycles. The maximum atomic E-state index is 10.9. The first kappa shape index (κ1) is 18.5. The summed E-state index contributed by atoms with van der Waals surface area (Å²) in [6.07, 6.45) is 0. The summed E-state index contributed by atoms with van der Waals surface area (Å²) >= 11 is 6.70. The van der Waals surface area contributed by atoms with Crippen LogP contribution in [0.5, 0.6) is 11.5 Å². The van der Waals surface area contributed by atoms with Crippen molar-refractivity contribution in [2.75, 3.05) is 0 Å². The van der Waals surface area contributed by atoms with Gasteiger partial charge in [-0.3, -0.25) is 4.79 Å². The van der Waals surface area contributed by atoms with Crippen molar-refractivity contribution < 1.29 is 14.3 Å². The van der Waals surface area contributed by atoms with Crippen molar-refractivity contribution >= 4 is 18.1 Å². The van der Waals surface area contributed by atoms with E-state index in [0.717, 1.165) is 33.6 Å². The lowest BCUT2D eigenvalue weighted by molar-refractivity contribution is -0.120. The SMILES string of the molecule is Cc1cc(OCc2ccccc2)c2c(c1Cl)C(c1ccccc1OC=O)NC2. The number of fused-ring (bicyclic) bond motifs is 1. The first-order valence-electron chi connectivity index (χ1n) is 9.10. The fraction of sp³-hybridized carbons (Fsp3) is 0.174. The minimum absolute atomic E-state index is 0.169. The Morgan fingerprint density at radius 2 is 1.86 bits per heavy atom. The lowest BCUT2D eigenvalue weighted by Gasteiger charge is -2.19. The second kappa shape index (κ2) is 8.05. The molecule has 0 aliphatic carbocycles. The van der Waals surface area contributed by atoms with Crippen molar-refractivity contribution in [3.05, 3.63) is 93.5 Å². The molecule has 0 radical (unpaired) electrons. The number of halogens is 1. The van der Waals surface area contributed by atoms with E-state index < -0.39 is 0 Å². The van der Waals surface area contributed by atoms with Crippen LogP contribution in [0.2, 0.25) is 5.02 Å². The Balaban J connectivity index is 1.71. The molecule has 3 aromatic rings. The second-order valence-electron chi connectivity index (χ2n) is 6.74. The molecule has 4 rings (SSSR count). The lowest BCUT2D eigenvalue weighted by atomic mass is 9.95. The normalized spacial score (nSPS) is 15.1. The van der Waals surface area contributed by atoms with Crippen LogP contribution in [0, 0.1) is 6.92 Å². The number of carbonyl (C=O) groups is 1. The molecule has 1 aliphatic rings. The van der Waals surface area contributed by atoms with Crippen molar-refractivity contribution in [3.8, 4) is 11.5 Å². The highest BCUT2D eigenvalue weighted by molar-refractivity contribution is 6.32. The minimum atomic E-state index is -0.169. The van der Waals surface area contributed by atoms with Crippen molar-refractivity contribution in [3.63, 3.8) is 0 Å². The Morgan fingerprint density at radius 1 is 1.11 bits per heavy atom. The highest BCUT2D eigenvalue weighted by atomic mass is 35.5. The Labute approximate surface area is 169 Å². The average Bonchev–Trinajstić information content (AvgIpc) is 3.16. The van der Waals surface area contributed by atoms with E-state index in [9.17, 15) is 4.79 Å². The molecule has 1 unspecified atom stereocenters. The zero-order valence-corrected chi connectivity index (χ0v) is 16.2. The third-order valence-corrected chi connectivity index (χ3v) is 5.47. The minimum Gasteiger partial charge on any atom is -0.489 e. The number of para-hydroxylation sites is 1. The fourth-order valence-corrected chi connectivity index (χ4v) is 3.90. The Bertz CT molecular complexity index is 1000. The van der Waals surface area contributed by atoms with Crippen molar-refractivity contribution in [1.29, 1.82) is 0 Å². The van der Waals surface area contributed by atoms with Gasteiger partial charge < -0.3 is 14.8 Å². The molecule has 0 fully saturated rings. The topological polar surface area (TPSA) is 47.6 Å². The van der Waals surface area contributed by atoms with Gasteiger partial charge in [0.25, 0.3) is 6.47 Å². The van der Waals surface area contributed by atoms with Gasteiger partial charge >= 0.3 is 0 Å². The van der Waals surface area contributed by atoms with Gasteiger partial charge in [0.05, 0.1) is 6.04 Å². The van der Waals surface area contributed by atoms with E-state index in [4.69, 9.17) is 21.1 Å². The van der Waals surface area contributed by atoms with Crippen LogP contribution < -0.4 is 14.8 Å². The van der Waals surface area contributed by atoms with Crippen LogP contribution in [0.1, 0.15) is 33.9 Å². The number of rotatable bonds is 6. The van der Waals surface area contributed by atoms with Gasteiger partial charge in [0.15, 0.2) is 0 Å². The molecule has 4 nitrogen and oxygen atoms in total. The molecule has 1 N–H and O–H groups in total. The number of hydrogen-bond donors (Lipinski definition) is 1. The molecule has 0 amide bonds. The molecule has 0 bridgehead atoms. The van der Waals surface area contributed by atoms with E-state index in [-0.39, 0.29) is 6.04 Å². The van der Waals surface area contributed by atoms with Crippen LogP contribution in [-0.2, 0) is 17.9 Å². The molecule has 3 aromatic carbocycles. The molecule has 5 heteroatoms. The van der Waals surface area contributed by atoms with Crippen LogP contribution in [0.25, 0.3) is 0 Å². The Kier molecular flexibility index (Phi) is 5.33. The summed E-state index contributed by atoms with van der Waals surface area (Å²) < 4.78 is 11.3. The maximum absolute atomic E-state index is 10.9. The van der Waals surface area contributed by atoms with Gasteiger partial charge in [0, 0.05) is 28.3 Å². The molecule has 28 heavy (non-hydrogen) atoms. The van der Waals surface area contributed by atoms with Crippen LogP contribution in [0.15, 0.2) is 60.7 Å². The molecule has 0 spiro atoms. The van der Waals surface area contributed by atoms with E-state index in [1.54, 1.807) is 6.07 Å². The first-order chi connectivity index (χ1) is 13.7. The summed E-state index contributed by atoms with van der Waals surface area (Å²) in [5, 5.41) is 4.19. The standard InChI is InChI=1S/C23H20ClNO3/c1-15-11-20(27-13-16-7-3-2-4-8-16)18-12-25-23(21(18)22(15)24)17-9-5-6-10-19(17)28-14-26/h2-11,14,23,25H,12-13H2,1H3. The Morgan fingerprint density at radius 3 is 2.64 bits per heavy atom. The predicted molar refractivity (Wildman–Crippen MR) is 109 cm³/mol. The quantitative estimate of drug-likeness (QED) is 0.601. The molecule has 1 aliphatic heterocycles. The van der Waals surface area contributed by atoms with E-state index in [1.807, 2.05) is 61.5 Å². The molecular formula is C23H20ClNO3. The number of nitrogens with one attached hydrogen (secondary N) is 1. The summed E-state index contributed by atoms with van der Waals surface area (Å²) in [4.78, 5) is 10.9. The van der Waals surface area contributed by atoms with Crippen LogP contribution in [-0.4, -0.2) is 6.47 Å². The van der Waals surface area contributed by atoms with Crippen molar-refractivity contribution in [2.24, 2.45) is 0 Å². The van der Waals surface area contributed by atoms with Crippen LogP contribution >= 0.6 is 11.6 Å². The molecule has 0 saturated carbocycles. The zero-order valence-electron chi connectivity index (χ0n) is 15.4. The average molecular weight is 394 g/mol. The summed E-state index contributed by atoms with van der Waals surface area (Å²) in [6.45, 7) is 3.53. The third-order valence-electron chi connectivity index (χ3n) is 4.97. The van der Waals surface area contributed by atoms with Crippen LogP contribution in [0.3, 0.4) is 0 Å². The van der Waals surface area contributed by atoms with Gasteiger partial charge in [-0.1, -0.05) is 60.1 Å². The summed E-state index contributed by atoms with van der Waals surface area (Å²) in [5.41, 5.74) is 4.95. The number of ether oxygens (including phenoxy) is 2. The lowest BCUT2D eigenvalue weighted by Crippen LogP contribution is -2.15. The van der Waals surface area contributed by atoms with Gasteiger partial charge in [0.2, 0.25) is 0 Å². The molecule has 0 aromatic heterocycles. The van der Waals surface area contributed by atoms with Crippen molar-refractivity contribution in [2.45, 2.75) is 26.1 Å². The number of aryl methyl sites for hydroxylation is 1. The molecular weight excluding hydrogens is 374 g/mol. The van der Waals surface area contributed by atoms with E-state index in [0.29, 0.717) is 30.4 Å². The summed E-state index contributed by atoms with van der Waals surface area (Å²) in [5.74, 6) is 1.34. The Hall–Kier alpha value is -2.82. The molecule has 142 valence electrons. The monoisotopic (exact) mass is 393 g/mol. The van der Waals surface area contributed by atoms with Gasteiger partial charge in [-0.2, -0.15) is 0 Å². The van der Waals surface area contributed by atoms with Crippen molar-refractivity contribution in [1.82, 2.24) is 5.32 Å². The maximum Gasteiger partial charge on any atom is 0.298 e. The summed E-state index contributed by atoms with van der Waals surface area (Å²) in [7, 11) is 0. The smallest absolute Gasteiger partial charge is 0.298 e. The van der Waals surface area contributed by atoms with E-state index >= 15 is 0 Å². The van der Waals surface area contributed by atoms with Gasteiger partial charge in [-0.15, -0.1) is 0 Å². The van der Waals surface area contributed by atoms with Gasteiger partial charge in [-0.25, -0.2) is 0 Å². The molecule has 1 atom stereocenters. The number of carbonyl (C=O) groups excluding carboxylic acids is 1. The van der Waals surface area contributed by atoms with E-state index in [1.165, 1.54) is 0 Å². The highest BCUT2D eigenvalue weighted by Crippen LogP contribution is 2.44. The largest absolute Gasteiger partial charge is 0.489 e. The zero-order chi connectivity index (χ0) is 19.5. The molecule has 1 heterocycles. The first-order valence-corrected chi connectivity index (χ1v) is 9.48. The summed E-state index contributed by atoms with van der Waals surface area (Å²) in [6, 6.07) is 19.4. The van der Waals surface area contributed by atoms with Gasteiger partial charge in [-0.05, 0) is 30.2 Å². The fourth-order valence-electron chi connectivity index (χ4n) is 3.62. The van der Waals surface area contributed by atoms with Gasteiger partial charge in [0.1, 0.15) is 18.1 Å². The second-order valence-corrected chi connectivity index (χ2v) is 7.12. The number of hydrogen-bond acceptors (Lipinski definition) is 4. The predicted octanol–water partition coefficient (Wildman–Crippen LogP) is 4.96.